The molecule has 4 N–H and O–H groups in total. The van der Waals surface area contributed by atoms with Gasteiger partial charge >= 0.3 is 23.8 Å². The molecule has 2 aromatic rings. The van der Waals surface area contributed by atoms with Gasteiger partial charge in [-0.15, -0.1) is 40.9 Å². The van der Waals surface area contributed by atoms with E-state index in [1.54, 1.807) is 39.8 Å². The highest BCUT2D eigenvalue weighted by atomic mass is 16.8. The van der Waals surface area contributed by atoms with Crippen molar-refractivity contribution in [2.45, 2.75) is 84.7 Å². The average molecular weight is 679 g/mol. The van der Waals surface area contributed by atoms with Crippen LogP contribution in [0.2, 0.25) is 0 Å². The third-order valence-corrected chi connectivity index (χ3v) is 7.39. The number of carbonyl (C=O) groups is 2. The highest BCUT2D eigenvalue weighted by Gasteiger charge is 2.43. The standard InChI is InChI=1S/C31H38N10O8/c1-7-13-19(17-21-33-29(39-35-21)41-37-23-26(44)48-31(10-4,11-5)49-27(23)45)15-12-14-18(6)16-20-32-28(38-34-20)40-36-22-24(42)46-30(8-2,9-3)47-25(22)43/h7,12-15,42,44H,6,8-11,16-17H2,1-5H3,(H,32,34,38)(H,33,35,39)/b13-7+,14-12-,19-15+,40-36?,41-37?. The van der Waals surface area contributed by atoms with Gasteiger partial charge in [-0.3, -0.25) is 0 Å². The minimum atomic E-state index is -1.24. The van der Waals surface area contributed by atoms with E-state index in [4.69, 9.17) is 18.9 Å². The summed E-state index contributed by atoms with van der Waals surface area (Å²) in [4.78, 5) is 30.5. The number of H-pyrrole nitrogens is 2. The molecule has 0 saturated heterocycles. The van der Waals surface area contributed by atoms with E-state index in [2.05, 4.69) is 57.4 Å². The van der Waals surface area contributed by atoms with Gasteiger partial charge in [0.25, 0.3) is 34.9 Å². The summed E-state index contributed by atoms with van der Waals surface area (Å²) in [7, 11) is 0. The van der Waals surface area contributed by atoms with Gasteiger partial charge in [-0.05, 0) is 18.1 Å². The number of rotatable bonds is 15. The Balaban J connectivity index is 1.34. The van der Waals surface area contributed by atoms with Crippen LogP contribution >= 0.6 is 0 Å². The van der Waals surface area contributed by atoms with Crippen molar-refractivity contribution in [1.82, 2.24) is 30.4 Å². The SMILES string of the molecule is C=C(\C=C/C=C(\C=C\C)Cc1nnc(N=NC2=C(O)OC(CC)(CC)OC2=O)[nH]1)Cc1nnc(N=NC2=C(O)OC(CC)(CC)OC2=O)[nH]1. The van der Waals surface area contributed by atoms with Crippen molar-refractivity contribution in [3.63, 3.8) is 0 Å². The Hall–Kier alpha value is -5.94. The number of nitrogens with one attached hydrogen (secondary N) is 2. The van der Waals surface area contributed by atoms with Crippen LogP contribution in [-0.2, 0) is 41.4 Å². The second-order valence-corrected chi connectivity index (χ2v) is 10.7. The molecule has 0 atom stereocenters. The Labute approximate surface area is 281 Å². The van der Waals surface area contributed by atoms with Crippen LogP contribution in [0.1, 0.15) is 72.0 Å². The van der Waals surface area contributed by atoms with Crippen molar-refractivity contribution in [2.75, 3.05) is 0 Å². The molecule has 4 rings (SSSR count). The third kappa shape index (κ3) is 8.91. The molecule has 0 fully saturated rings. The van der Waals surface area contributed by atoms with Crippen LogP contribution in [0.15, 0.2) is 91.8 Å². The fourth-order valence-corrected chi connectivity index (χ4v) is 4.52. The first-order valence-electron chi connectivity index (χ1n) is 15.5. The molecule has 0 radical (unpaired) electrons. The molecule has 4 heterocycles. The number of ether oxygens (including phenoxy) is 4. The number of carbonyl (C=O) groups excluding carboxylic acids is 2. The number of hydrogen-bond acceptors (Lipinski definition) is 16. The number of aromatic nitrogens is 6. The Morgan fingerprint density at radius 3 is 1.63 bits per heavy atom. The first-order chi connectivity index (χ1) is 23.5. The van der Waals surface area contributed by atoms with Crippen LogP contribution in [0.4, 0.5) is 11.9 Å². The molecule has 18 nitrogen and oxygen atoms in total. The highest BCUT2D eigenvalue weighted by molar-refractivity contribution is 5.89. The molecular formula is C31H38N10O8. The Morgan fingerprint density at radius 1 is 0.735 bits per heavy atom. The van der Waals surface area contributed by atoms with Crippen molar-refractivity contribution >= 4 is 23.8 Å². The van der Waals surface area contributed by atoms with Crippen molar-refractivity contribution in [1.29, 1.82) is 0 Å². The van der Waals surface area contributed by atoms with E-state index in [0.717, 1.165) is 5.57 Å². The molecule has 0 aliphatic carbocycles. The fourth-order valence-electron chi connectivity index (χ4n) is 4.52. The Morgan fingerprint density at radius 2 is 1.20 bits per heavy atom. The summed E-state index contributed by atoms with van der Waals surface area (Å²) in [5.74, 6) is -4.62. The summed E-state index contributed by atoms with van der Waals surface area (Å²) in [5, 5.41) is 51.4. The van der Waals surface area contributed by atoms with E-state index in [-0.39, 0.29) is 11.9 Å². The predicted molar refractivity (Wildman–Crippen MR) is 171 cm³/mol. The van der Waals surface area contributed by atoms with Gasteiger partial charge in [-0.1, -0.05) is 64.7 Å². The zero-order valence-electron chi connectivity index (χ0n) is 27.8. The number of nitrogens with zero attached hydrogens (tertiary/aromatic N) is 8. The maximum Gasteiger partial charge on any atom is 0.369 e. The van der Waals surface area contributed by atoms with Gasteiger partial charge in [0.1, 0.15) is 11.6 Å². The number of aliphatic hydroxyl groups is 2. The number of azo groups is 2. The number of aromatic amines is 2. The molecule has 0 spiro atoms. The molecule has 49 heavy (non-hydrogen) atoms. The molecule has 2 aliphatic rings. The summed E-state index contributed by atoms with van der Waals surface area (Å²) in [5.41, 5.74) is 0.601. The van der Waals surface area contributed by atoms with Gasteiger partial charge in [0.15, 0.2) is 0 Å². The first-order valence-corrected chi connectivity index (χ1v) is 15.5. The van der Waals surface area contributed by atoms with E-state index in [0.29, 0.717) is 55.7 Å². The van der Waals surface area contributed by atoms with Gasteiger partial charge in [0.05, 0.1) is 0 Å². The third-order valence-electron chi connectivity index (χ3n) is 7.39. The van der Waals surface area contributed by atoms with E-state index >= 15 is 0 Å². The first kappa shape index (κ1) is 35.9. The van der Waals surface area contributed by atoms with E-state index in [9.17, 15) is 19.8 Å². The number of aliphatic hydroxyl groups excluding tert-OH is 2. The number of hydrogen-bond donors (Lipinski definition) is 4. The molecule has 0 unspecified atom stereocenters. The molecule has 0 saturated carbocycles. The average Bonchev–Trinajstić information content (AvgIpc) is 3.72. The molecule has 2 aromatic heterocycles. The zero-order valence-corrected chi connectivity index (χ0v) is 27.8. The lowest BCUT2D eigenvalue weighted by molar-refractivity contribution is -0.242. The molecule has 18 heteroatoms. The monoisotopic (exact) mass is 678 g/mol. The second-order valence-electron chi connectivity index (χ2n) is 10.7. The van der Waals surface area contributed by atoms with E-state index < -0.39 is 46.8 Å². The highest BCUT2D eigenvalue weighted by Crippen LogP contribution is 2.33. The molecule has 0 bridgehead atoms. The Kier molecular flexibility index (Phi) is 11.6. The van der Waals surface area contributed by atoms with Crippen LogP contribution in [0, 0.1) is 0 Å². The van der Waals surface area contributed by atoms with Gasteiger partial charge in [0.2, 0.25) is 0 Å². The summed E-state index contributed by atoms with van der Waals surface area (Å²) in [6, 6.07) is 0. The maximum atomic E-state index is 12.4. The van der Waals surface area contributed by atoms with Gasteiger partial charge < -0.3 is 39.1 Å². The van der Waals surface area contributed by atoms with Gasteiger partial charge in [0, 0.05) is 38.5 Å². The van der Waals surface area contributed by atoms with Gasteiger partial charge in [-0.2, -0.15) is 0 Å². The lowest BCUT2D eigenvalue weighted by Crippen LogP contribution is -2.41. The smallest absolute Gasteiger partial charge is 0.369 e. The summed E-state index contributed by atoms with van der Waals surface area (Å²) < 4.78 is 21.4. The van der Waals surface area contributed by atoms with Crippen LogP contribution in [0.25, 0.3) is 0 Å². The number of esters is 2. The van der Waals surface area contributed by atoms with Crippen molar-refractivity contribution in [2.24, 2.45) is 20.5 Å². The fraction of sp³-hybridized carbons (Fsp3) is 0.419. The lowest BCUT2D eigenvalue weighted by atomic mass is 10.1. The second kappa shape index (κ2) is 15.8. The van der Waals surface area contributed by atoms with Gasteiger partial charge in [-0.25, -0.2) is 9.59 Å². The largest absolute Gasteiger partial charge is 0.479 e. The molecule has 2 aliphatic heterocycles. The topological polar surface area (TPSA) is 244 Å². The Bertz CT molecular complexity index is 1770. The minimum Gasteiger partial charge on any atom is -0.479 e. The molecule has 260 valence electrons. The molecule has 0 amide bonds. The summed E-state index contributed by atoms with van der Waals surface area (Å²) in [6.07, 6.45) is 11.3. The minimum absolute atomic E-state index is 0.000487. The number of allylic oxidation sites excluding steroid dienone is 7. The van der Waals surface area contributed by atoms with Crippen LogP contribution in [0.5, 0.6) is 0 Å². The van der Waals surface area contributed by atoms with Crippen LogP contribution in [0.3, 0.4) is 0 Å². The summed E-state index contributed by atoms with van der Waals surface area (Å²) >= 11 is 0. The van der Waals surface area contributed by atoms with Crippen LogP contribution < -0.4 is 0 Å². The molecular weight excluding hydrogens is 640 g/mol. The zero-order chi connectivity index (χ0) is 35.6. The quantitative estimate of drug-likeness (QED) is 0.0945. The number of cyclic esters (lactones) is 2. The summed E-state index contributed by atoms with van der Waals surface area (Å²) in [6.45, 7) is 13.0. The van der Waals surface area contributed by atoms with E-state index in [1.807, 2.05) is 25.2 Å². The van der Waals surface area contributed by atoms with Crippen molar-refractivity contribution in [3.05, 3.63) is 83.0 Å². The predicted octanol–water partition coefficient (Wildman–Crippen LogP) is 6.12. The van der Waals surface area contributed by atoms with Crippen LogP contribution in [-0.4, -0.2) is 64.1 Å². The maximum absolute atomic E-state index is 12.4. The van der Waals surface area contributed by atoms with Crippen molar-refractivity contribution < 1.29 is 38.7 Å². The lowest BCUT2D eigenvalue weighted by Gasteiger charge is -2.34. The van der Waals surface area contributed by atoms with E-state index in [1.165, 1.54) is 0 Å². The van der Waals surface area contributed by atoms with Crippen molar-refractivity contribution in [3.8, 4) is 0 Å². The normalized spacial score (nSPS) is 18.1. The molecule has 0 aromatic carbocycles.